The van der Waals surface area contributed by atoms with Crippen LogP contribution in [-0.4, -0.2) is 59.7 Å². The third-order valence-corrected chi connectivity index (χ3v) is 36.0. The first-order valence-corrected chi connectivity index (χ1v) is 41.3. The molecule has 0 aliphatic heterocycles. The number of hydrogen-bond donors (Lipinski definition) is 0. The first-order chi connectivity index (χ1) is 34.1. The van der Waals surface area contributed by atoms with Crippen molar-refractivity contribution in [2.45, 2.75) is 271 Å². The van der Waals surface area contributed by atoms with Crippen LogP contribution in [0.2, 0.25) is 72.5 Å². The molecule has 4 nitrogen and oxygen atoms in total. The molecule has 0 aliphatic rings. The number of hydrogen-bond acceptors (Lipinski definition) is 4. The molecule has 3 rings (SSSR count). The average Bonchev–Trinajstić information content (AvgIpc) is 3.27. The molecule has 0 unspecified atom stereocenters. The number of aryl methyl sites for hydroxylation is 9. The van der Waals surface area contributed by atoms with E-state index in [9.17, 15) is 0 Å². The predicted molar refractivity (Wildman–Crippen MR) is 337 cm³/mol. The molecular formula is C66H116O4Si4. The van der Waals surface area contributed by atoms with Crippen LogP contribution in [-0.2, 0) is 75.5 Å². The molecule has 0 aliphatic carbocycles. The highest BCUT2D eigenvalue weighted by atomic mass is 28.4. The van der Waals surface area contributed by atoms with Gasteiger partial charge in [-0.1, -0.05) is 144 Å². The third kappa shape index (κ3) is 23.2. The standard InChI is InChI=1S/C66H116O4Si4/c1-22-23-32-54-45-55(33-24-26-35-57-48-59(37-28-41-67-71(14,15)63(2,3)4)52-60(49-57)38-29-42-68-72(16,17)64(5,6)7)47-56(46-54)34-25-27-36-58-50-61(39-30-43-69-73(18,19)65(8,9)10)53-62(51-58)40-31-44-70-74(20,21)66(11,12)13/h22,45-53H,1,23-44H2,2-21H3. The summed E-state index contributed by atoms with van der Waals surface area (Å²) in [5.41, 5.74) is 13.4. The summed E-state index contributed by atoms with van der Waals surface area (Å²) in [6.45, 7) is 54.5. The minimum absolute atomic E-state index is 0.239. The monoisotopic (exact) mass is 1080 g/mol. The fourth-order valence-corrected chi connectivity index (χ4v) is 13.0. The van der Waals surface area contributed by atoms with Gasteiger partial charge in [0.15, 0.2) is 33.3 Å². The second-order valence-electron chi connectivity index (χ2n) is 28.6. The van der Waals surface area contributed by atoms with Gasteiger partial charge in [-0.05, 0) is 238 Å². The summed E-state index contributed by atoms with van der Waals surface area (Å²) in [6.07, 6.45) is 22.1. The van der Waals surface area contributed by atoms with Crippen LogP contribution >= 0.6 is 0 Å². The molecule has 0 aromatic heterocycles. The van der Waals surface area contributed by atoms with Crippen molar-refractivity contribution in [1.82, 2.24) is 0 Å². The van der Waals surface area contributed by atoms with Gasteiger partial charge in [0.25, 0.3) is 0 Å². The van der Waals surface area contributed by atoms with E-state index in [1.165, 1.54) is 75.8 Å². The summed E-state index contributed by atoms with van der Waals surface area (Å²) in [5, 5.41) is 0.956. The maximum absolute atomic E-state index is 6.60. The quantitative estimate of drug-likeness (QED) is 0.0346. The van der Waals surface area contributed by atoms with Crippen molar-refractivity contribution in [2.24, 2.45) is 0 Å². The van der Waals surface area contributed by atoms with Gasteiger partial charge in [-0.2, -0.15) is 0 Å². The lowest BCUT2D eigenvalue weighted by Gasteiger charge is -2.36. The normalized spacial score (nSPS) is 13.5. The van der Waals surface area contributed by atoms with Gasteiger partial charge in [0, 0.05) is 26.4 Å². The first kappa shape index (κ1) is 66.4. The molecule has 0 radical (unpaired) electrons. The van der Waals surface area contributed by atoms with E-state index in [1.54, 1.807) is 0 Å². The minimum Gasteiger partial charge on any atom is -0.417 e. The Hall–Kier alpha value is -1.89. The second kappa shape index (κ2) is 29.4. The molecule has 3 aromatic rings. The molecule has 0 atom stereocenters. The van der Waals surface area contributed by atoms with E-state index in [1.807, 2.05) is 0 Å². The van der Waals surface area contributed by atoms with Crippen LogP contribution in [0.4, 0.5) is 0 Å². The molecule has 0 saturated carbocycles. The summed E-state index contributed by atoms with van der Waals surface area (Å²) in [4.78, 5) is 0. The Labute approximate surface area is 463 Å². The molecule has 420 valence electrons. The van der Waals surface area contributed by atoms with Crippen molar-refractivity contribution in [2.75, 3.05) is 26.4 Å². The lowest BCUT2D eigenvalue weighted by atomic mass is 9.94. The summed E-state index contributed by atoms with van der Waals surface area (Å²) in [6, 6.07) is 22.5. The molecule has 3 aromatic carbocycles. The van der Waals surface area contributed by atoms with E-state index >= 15 is 0 Å². The van der Waals surface area contributed by atoms with Crippen molar-refractivity contribution in [1.29, 1.82) is 0 Å². The Balaban J connectivity index is 1.68. The van der Waals surface area contributed by atoms with E-state index < -0.39 is 33.3 Å². The molecule has 0 fully saturated rings. The van der Waals surface area contributed by atoms with Crippen molar-refractivity contribution >= 4 is 33.3 Å². The molecule has 0 saturated heterocycles. The minimum atomic E-state index is -1.75. The van der Waals surface area contributed by atoms with Crippen LogP contribution in [0.25, 0.3) is 0 Å². The SMILES string of the molecule is C=CCCc1cc(CCCCc2cc(CCCO[Si](C)(C)C(C)(C)C)cc(CCCO[Si](C)(C)C(C)(C)C)c2)cc(CCCCc2cc(CCCO[Si](C)(C)C(C)(C)C)cc(CCCO[Si](C)(C)C(C)(C)C)c2)c1. The van der Waals surface area contributed by atoms with Crippen molar-refractivity contribution in [3.8, 4) is 0 Å². The van der Waals surface area contributed by atoms with Gasteiger partial charge in [0.2, 0.25) is 0 Å². The lowest BCUT2D eigenvalue weighted by Crippen LogP contribution is -2.41. The Kier molecular flexibility index (Phi) is 26.3. The summed E-state index contributed by atoms with van der Waals surface area (Å²) < 4.78 is 26.4. The zero-order valence-corrected chi connectivity index (χ0v) is 56.2. The molecule has 8 heteroatoms. The van der Waals surface area contributed by atoms with Gasteiger partial charge < -0.3 is 17.7 Å². The zero-order chi connectivity index (χ0) is 55.7. The van der Waals surface area contributed by atoms with Crippen molar-refractivity contribution in [3.63, 3.8) is 0 Å². The maximum atomic E-state index is 6.60. The first-order valence-electron chi connectivity index (χ1n) is 29.7. The average molecular weight is 1090 g/mol. The van der Waals surface area contributed by atoms with Crippen LogP contribution in [0, 0.1) is 0 Å². The Morgan fingerprint density at radius 3 is 0.622 bits per heavy atom. The number of rotatable bonds is 33. The lowest BCUT2D eigenvalue weighted by molar-refractivity contribution is 0.282. The molecule has 0 bridgehead atoms. The van der Waals surface area contributed by atoms with Gasteiger partial charge >= 0.3 is 0 Å². The van der Waals surface area contributed by atoms with Crippen molar-refractivity contribution in [3.05, 3.63) is 117 Å². The van der Waals surface area contributed by atoms with Gasteiger partial charge in [-0.3, -0.25) is 0 Å². The van der Waals surface area contributed by atoms with Gasteiger partial charge in [-0.25, -0.2) is 0 Å². The van der Waals surface area contributed by atoms with Crippen LogP contribution in [0.3, 0.4) is 0 Å². The largest absolute Gasteiger partial charge is 0.417 e. The van der Waals surface area contributed by atoms with E-state index in [0.717, 1.165) is 116 Å². The molecule has 0 amide bonds. The molecular weight excluding hydrogens is 969 g/mol. The van der Waals surface area contributed by atoms with Crippen LogP contribution < -0.4 is 0 Å². The molecule has 0 N–H and O–H groups in total. The Morgan fingerprint density at radius 1 is 0.297 bits per heavy atom. The zero-order valence-electron chi connectivity index (χ0n) is 52.2. The molecule has 0 heterocycles. The maximum Gasteiger partial charge on any atom is 0.191 e. The Morgan fingerprint density at radius 2 is 0.459 bits per heavy atom. The van der Waals surface area contributed by atoms with Crippen LogP contribution in [0.5, 0.6) is 0 Å². The van der Waals surface area contributed by atoms with Crippen molar-refractivity contribution < 1.29 is 17.7 Å². The summed E-state index contributed by atoms with van der Waals surface area (Å²) in [7, 11) is -7.00. The number of benzene rings is 3. The predicted octanol–water partition coefficient (Wildman–Crippen LogP) is 19.8. The number of allylic oxidation sites excluding steroid dienone is 1. The second-order valence-corrected chi connectivity index (χ2v) is 47.8. The molecule has 0 spiro atoms. The van der Waals surface area contributed by atoms with Gasteiger partial charge in [-0.15, -0.1) is 6.58 Å². The Bertz CT molecular complexity index is 1880. The third-order valence-electron chi connectivity index (χ3n) is 17.9. The highest BCUT2D eigenvalue weighted by molar-refractivity contribution is 6.75. The summed E-state index contributed by atoms with van der Waals surface area (Å²) in [5.74, 6) is 0. The van der Waals surface area contributed by atoms with E-state index in [4.69, 9.17) is 17.7 Å². The van der Waals surface area contributed by atoms with Gasteiger partial charge in [0.1, 0.15) is 0 Å². The molecule has 74 heavy (non-hydrogen) atoms. The smallest absolute Gasteiger partial charge is 0.191 e. The fourth-order valence-electron chi connectivity index (χ4n) is 8.68. The van der Waals surface area contributed by atoms with E-state index in [0.29, 0.717) is 0 Å². The highest BCUT2D eigenvalue weighted by Gasteiger charge is 2.39. The highest BCUT2D eigenvalue weighted by Crippen LogP contribution is 2.39. The van der Waals surface area contributed by atoms with Crippen LogP contribution in [0.1, 0.15) is 191 Å². The van der Waals surface area contributed by atoms with Crippen LogP contribution in [0.15, 0.2) is 67.3 Å². The summed E-state index contributed by atoms with van der Waals surface area (Å²) >= 11 is 0. The topological polar surface area (TPSA) is 36.9 Å². The van der Waals surface area contributed by atoms with E-state index in [2.05, 4.69) is 203 Å². The van der Waals surface area contributed by atoms with E-state index in [-0.39, 0.29) is 20.2 Å². The fraction of sp³-hybridized carbons (Fsp3) is 0.697. The number of unbranched alkanes of at least 4 members (excludes halogenated alkanes) is 2. The van der Waals surface area contributed by atoms with Gasteiger partial charge in [0.05, 0.1) is 0 Å².